The number of fused-ring (bicyclic) bond motifs is 1. The van der Waals surface area contributed by atoms with Gasteiger partial charge in [0.05, 0.1) is 28.8 Å². The average Bonchev–Trinajstić information content (AvgIpc) is 3.47. The molecule has 0 N–H and O–H groups in total. The van der Waals surface area contributed by atoms with Crippen LogP contribution >= 0.6 is 11.3 Å². The molecule has 1 fully saturated rings. The van der Waals surface area contributed by atoms with Gasteiger partial charge in [-0.05, 0) is 61.4 Å². The number of halogens is 4. The Hall–Kier alpha value is -2.67. The number of benzene rings is 2. The van der Waals surface area contributed by atoms with Crippen molar-refractivity contribution in [2.45, 2.75) is 37.5 Å². The Kier molecular flexibility index (Phi) is 7.18. The SMILES string of the molecule is Cc1nc(S(=O)N2CCN(CCC(F)(F)F)C(c3cc4cnn(-c5ccc(F)cc5)c4cc3C)C2)cs1. The molecule has 6 nitrogen and oxygen atoms in total. The summed E-state index contributed by atoms with van der Waals surface area (Å²) in [5.74, 6) is -0.343. The van der Waals surface area contributed by atoms with Crippen LogP contribution in [0.4, 0.5) is 17.6 Å². The zero-order valence-electron chi connectivity index (χ0n) is 20.2. The minimum absolute atomic E-state index is 0.142. The van der Waals surface area contributed by atoms with Crippen LogP contribution in [0.2, 0.25) is 0 Å². The third-order valence-electron chi connectivity index (χ3n) is 6.53. The Balaban J connectivity index is 1.49. The van der Waals surface area contributed by atoms with Crippen LogP contribution in [0.25, 0.3) is 16.6 Å². The summed E-state index contributed by atoms with van der Waals surface area (Å²) in [5.41, 5.74) is 3.26. The van der Waals surface area contributed by atoms with Gasteiger partial charge in [-0.25, -0.2) is 22.6 Å². The van der Waals surface area contributed by atoms with Gasteiger partial charge in [-0.2, -0.15) is 18.3 Å². The Morgan fingerprint density at radius 3 is 2.57 bits per heavy atom. The van der Waals surface area contributed by atoms with Crippen molar-refractivity contribution in [1.82, 2.24) is 24.0 Å². The number of rotatable bonds is 6. The number of nitrogens with zero attached hydrogens (tertiary/aromatic N) is 5. The van der Waals surface area contributed by atoms with Crippen LogP contribution in [0.5, 0.6) is 0 Å². The standard InChI is InChI=1S/C25H25F4N5OS2/c1-16-11-22-18(13-30-34(22)20-5-3-19(26)4-6-20)12-21(16)23-14-33(37(35)24-15-36-17(2)31-24)10-9-32(23)8-7-25(27,28)29/h3-6,11-13,15,23H,7-10,14H2,1-2H3. The van der Waals surface area contributed by atoms with Crippen LogP contribution < -0.4 is 0 Å². The highest BCUT2D eigenvalue weighted by Gasteiger charge is 2.36. The molecule has 5 rings (SSSR count). The minimum atomic E-state index is -4.27. The van der Waals surface area contributed by atoms with Crippen molar-refractivity contribution in [2.24, 2.45) is 0 Å². The Labute approximate surface area is 218 Å². The Morgan fingerprint density at radius 1 is 1.14 bits per heavy atom. The van der Waals surface area contributed by atoms with Gasteiger partial charge in [-0.3, -0.25) is 4.90 Å². The molecule has 1 saturated heterocycles. The molecule has 0 spiro atoms. The zero-order valence-corrected chi connectivity index (χ0v) is 21.8. The van der Waals surface area contributed by atoms with E-state index in [4.69, 9.17) is 0 Å². The summed E-state index contributed by atoms with van der Waals surface area (Å²) in [5, 5.41) is 8.32. The molecule has 2 aromatic heterocycles. The van der Waals surface area contributed by atoms with Crippen LogP contribution in [0, 0.1) is 19.7 Å². The number of thiazole rings is 1. The summed E-state index contributed by atoms with van der Waals surface area (Å²) < 4.78 is 69.5. The zero-order chi connectivity index (χ0) is 26.3. The molecule has 0 radical (unpaired) electrons. The van der Waals surface area contributed by atoms with E-state index in [1.165, 1.54) is 23.5 Å². The molecule has 0 amide bonds. The summed E-state index contributed by atoms with van der Waals surface area (Å²) in [7, 11) is -1.50. The largest absolute Gasteiger partial charge is 0.390 e. The molecule has 0 aliphatic carbocycles. The van der Waals surface area contributed by atoms with Crippen LogP contribution in [-0.4, -0.2) is 60.5 Å². The summed E-state index contributed by atoms with van der Waals surface area (Å²) >= 11 is 1.41. The predicted octanol–water partition coefficient (Wildman–Crippen LogP) is 5.57. The molecule has 2 unspecified atom stereocenters. The van der Waals surface area contributed by atoms with Crippen molar-refractivity contribution in [3.05, 3.63) is 69.9 Å². The first-order valence-electron chi connectivity index (χ1n) is 11.7. The average molecular weight is 552 g/mol. The summed E-state index contributed by atoms with van der Waals surface area (Å²) in [6.45, 7) is 4.64. The summed E-state index contributed by atoms with van der Waals surface area (Å²) in [6.07, 6.45) is -3.49. The first-order chi connectivity index (χ1) is 17.6. The predicted molar refractivity (Wildman–Crippen MR) is 136 cm³/mol. The topological polar surface area (TPSA) is 54.3 Å². The molecule has 196 valence electrons. The van der Waals surface area contributed by atoms with Gasteiger partial charge in [0, 0.05) is 43.0 Å². The molecule has 0 bridgehead atoms. The van der Waals surface area contributed by atoms with Gasteiger partial charge in [0.1, 0.15) is 16.8 Å². The van der Waals surface area contributed by atoms with E-state index >= 15 is 0 Å². The highest BCUT2D eigenvalue weighted by molar-refractivity contribution is 7.82. The van der Waals surface area contributed by atoms with Gasteiger partial charge >= 0.3 is 6.18 Å². The fraction of sp³-hybridized carbons (Fsp3) is 0.360. The number of alkyl halides is 3. The lowest BCUT2D eigenvalue weighted by Gasteiger charge is -2.41. The van der Waals surface area contributed by atoms with Crippen LogP contribution in [-0.2, 0) is 11.0 Å². The first kappa shape index (κ1) is 26.0. The molecule has 37 heavy (non-hydrogen) atoms. The monoisotopic (exact) mass is 551 g/mol. The molecule has 2 aromatic carbocycles. The maximum absolute atomic E-state index is 13.4. The van der Waals surface area contributed by atoms with E-state index in [2.05, 4.69) is 10.1 Å². The molecule has 1 aliphatic rings. The van der Waals surface area contributed by atoms with E-state index in [-0.39, 0.29) is 12.4 Å². The molecular weight excluding hydrogens is 526 g/mol. The van der Waals surface area contributed by atoms with Crippen molar-refractivity contribution < 1.29 is 21.8 Å². The van der Waals surface area contributed by atoms with Crippen molar-refractivity contribution in [3.63, 3.8) is 0 Å². The molecular formula is C25H25F4N5OS2. The van der Waals surface area contributed by atoms with Gasteiger partial charge in [-0.1, -0.05) is 0 Å². The number of hydrogen-bond donors (Lipinski definition) is 0. The summed E-state index contributed by atoms with van der Waals surface area (Å²) in [6, 6.07) is 9.51. The van der Waals surface area contributed by atoms with E-state index in [0.717, 1.165) is 27.0 Å². The van der Waals surface area contributed by atoms with Crippen molar-refractivity contribution in [2.75, 3.05) is 26.2 Å². The van der Waals surface area contributed by atoms with E-state index < -0.39 is 29.6 Å². The Morgan fingerprint density at radius 2 is 1.89 bits per heavy atom. The van der Waals surface area contributed by atoms with E-state index in [1.807, 2.05) is 30.9 Å². The minimum Gasteiger partial charge on any atom is -0.293 e. The van der Waals surface area contributed by atoms with Gasteiger partial charge in [0.25, 0.3) is 0 Å². The lowest BCUT2D eigenvalue weighted by molar-refractivity contribution is -0.140. The number of aryl methyl sites for hydroxylation is 2. The quantitative estimate of drug-likeness (QED) is 0.294. The van der Waals surface area contributed by atoms with Crippen molar-refractivity contribution in [3.8, 4) is 5.69 Å². The lowest BCUT2D eigenvalue weighted by atomic mass is 9.96. The molecule has 4 aromatic rings. The molecule has 1 aliphatic heterocycles. The van der Waals surface area contributed by atoms with Gasteiger partial charge in [0.15, 0.2) is 5.03 Å². The van der Waals surface area contributed by atoms with Crippen LogP contribution in [0.3, 0.4) is 0 Å². The second-order valence-corrected chi connectivity index (χ2v) is 11.6. The first-order valence-corrected chi connectivity index (χ1v) is 13.7. The lowest BCUT2D eigenvalue weighted by Crippen LogP contribution is -2.49. The van der Waals surface area contributed by atoms with Gasteiger partial charge < -0.3 is 0 Å². The van der Waals surface area contributed by atoms with Crippen molar-refractivity contribution >= 4 is 33.2 Å². The van der Waals surface area contributed by atoms with E-state index in [9.17, 15) is 21.8 Å². The second kappa shape index (κ2) is 10.2. The van der Waals surface area contributed by atoms with E-state index in [1.54, 1.807) is 32.7 Å². The summed E-state index contributed by atoms with van der Waals surface area (Å²) in [4.78, 5) is 6.17. The van der Waals surface area contributed by atoms with E-state index in [0.29, 0.717) is 30.3 Å². The van der Waals surface area contributed by atoms with Crippen LogP contribution in [0.15, 0.2) is 53.0 Å². The van der Waals surface area contributed by atoms with Gasteiger partial charge in [0.2, 0.25) is 0 Å². The van der Waals surface area contributed by atoms with Crippen LogP contribution in [0.1, 0.15) is 28.6 Å². The maximum atomic E-state index is 13.4. The molecule has 2 atom stereocenters. The fourth-order valence-electron chi connectivity index (χ4n) is 4.68. The fourth-order valence-corrected chi connectivity index (χ4v) is 6.69. The van der Waals surface area contributed by atoms with Crippen molar-refractivity contribution in [1.29, 1.82) is 0 Å². The molecule has 3 heterocycles. The third-order valence-corrected chi connectivity index (χ3v) is 8.82. The molecule has 12 heteroatoms. The smallest absolute Gasteiger partial charge is 0.293 e. The molecule has 0 saturated carbocycles. The number of piperazine rings is 1. The van der Waals surface area contributed by atoms with Gasteiger partial charge in [-0.15, -0.1) is 11.3 Å². The second-order valence-electron chi connectivity index (χ2n) is 9.06. The number of hydrogen-bond acceptors (Lipinski definition) is 5. The third kappa shape index (κ3) is 5.62. The number of aromatic nitrogens is 3. The normalized spacial score (nSPS) is 18.5. The highest BCUT2D eigenvalue weighted by Crippen LogP contribution is 2.34. The maximum Gasteiger partial charge on any atom is 0.390 e. The highest BCUT2D eigenvalue weighted by atomic mass is 32.2. The Bertz CT molecular complexity index is 1430.